The van der Waals surface area contributed by atoms with Gasteiger partial charge in [-0.15, -0.1) is 17.9 Å². The van der Waals surface area contributed by atoms with Crippen molar-refractivity contribution in [3.05, 3.63) is 28.7 Å². The molecule has 1 aromatic heterocycles. The van der Waals surface area contributed by atoms with Crippen molar-refractivity contribution < 1.29 is 0 Å². The fourth-order valence-electron chi connectivity index (χ4n) is 1.48. The Balaban J connectivity index is 2.30. The third-order valence-corrected chi connectivity index (χ3v) is 3.34. The monoisotopic (exact) mass is 224 g/mol. The first-order chi connectivity index (χ1) is 7.26. The van der Waals surface area contributed by atoms with Crippen LogP contribution >= 0.6 is 11.3 Å². The van der Waals surface area contributed by atoms with Gasteiger partial charge in [0, 0.05) is 23.7 Å². The first-order valence-corrected chi connectivity index (χ1v) is 6.33. The van der Waals surface area contributed by atoms with Gasteiger partial charge in [0.1, 0.15) is 5.01 Å². The summed E-state index contributed by atoms with van der Waals surface area (Å²) in [5.74, 6) is 0. The molecule has 84 valence electrons. The Morgan fingerprint density at radius 3 is 3.00 bits per heavy atom. The van der Waals surface area contributed by atoms with Gasteiger partial charge < -0.3 is 5.32 Å². The Kier molecular flexibility index (Phi) is 5.58. The normalized spacial score (nSPS) is 12.7. The average molecular weight is 224 g/mol. The second-order valence-corrected chi connectivity index (χ2v) is 5.04. The zero-order chi connectivity index (χ0) is 11.1. The fraction of sp³-hybridized carbons (Fsp3) is 0.583. The van der Waals surface area contributed by atoms with Crippen molar-refractivity contribution in [2.45, 2.75) is 45.7 Å². The number of allylic oxidation sites excluding steroid dienone is 1. The number of hydrogen-bond donors (Lipinski definition) is 1. The van der Waals surface area contributed by atoms with Crippen molar-refractivity contribution in [1.82, 2.24) is 10.3 Å². The minimum absolute atomic E-state index is 0.590. The molecule has 0 amide bonds. The fourth-order valence-corrected chi connectivity index (χ4v) is 2.22. The summed E-state index contributed by atoms with van der Waals surface area (Å²) < 4.78 is 0. The average Bonchev–Trinajstić information content (AvgIpc) is 2.65. The topological polar surface area (TPSA) is 24.9 Å². The quantitative estimate of drug-likeness (QED) is 0.719. The van der Waals surface area contributed by atoms with Crippen molar-refractivity contribution in [2.24, 2.45) is 0 Å². The molecule has 1 rings (SSSR count). The Hall–Kier alpha value is -0.670. The predicted molar refractivity (Wildman–Crippen MR) is 67.2 cm³/mol. The van der Waals surface area contributed by atoms with Gasteiger partial charge >= 0.3 is 0 Å². The highest BCUT2D eigenvalue weighted by molar-refractivity contribution is 7.11. The predicted octanol–water partition coefficient (Wildman–Crippen LogP) is 3.29. The van der Waals surface area contributed by atoms with Crippen molar-refractivity contribution in [1.29, 1.82) is 0 Å². The molecule has 0 aromatic carbocycles. The van der Waals surface area contributed by atoms with Crippen LogP contribution in [0.4, 0.5) is 0 Å². The molecule has 1 N–H and O–H groups in total. The molecule has 1 unspecified atom stereocenters. The number of rotatable bonds is 7. The van der Waals surface area contributed by atoms with Crippen molar-refractivity contribution in [2.75, 3.05) is 0 Å². The Morgan fingerprint density at radius 1 is 1.67 bits per heavy atom. The molecule has 3 heteroatoms. The Labute approximate surface area is 96.4 Å². The summed E-state index contributed by atoms with van der Waals surface area (Å²) in [6.07, 6.45) is 7.34. The molecule has 2 nitrogen and oxygen atoms in total. The van der Waals surface area contributed by atoms with Crippen LogP contribution in [0, 0.1) is 6.92 Å². The molecule has 0 aliphatic heterocycles. The number of aromatic nitrogens is 1. The third kappa shape index (κ3) is 4.58. The Morgan fingerprint density at radius 2 is 2.47 bits per heavy atom. The maximum atomic E-state index is 4.34. The number of aryl methyl sites for hydroxylation is 1. The van der Waals surface area contributed by atoms with E-state index in [2.05, 4.69) is 30.7 Å². The van der Waals surface area contributed by atoms with Crippen LogP contribution in [0.15, 0.2) is 18.9 Å². The summed E-state index contributed by atoms with van der Waals surface area (Å²) in [5, 5.41) is 4.72. The van der Waals surface area contributed by atoms with Gasteiger partial charge in [-0.3, -0.25) is 0 Å². The second kappa shape index (κ2) is 6.75. The van der Waals surface area contributed by atoms with E-state index in [1.54, 1.807) is 11.3 Å². The zero-order valence-corrected chi connectivity index (χ0v) is 10.4. The molecule has 0 saturated heterocycles. The summed E-state index contributed by atoms with van der Waals surface area (Å²) in [4.78, 5) is 5.62. The molecule has 0 saturated carbocycles. The highest BCUT2D eigenvalue weighted by atomic mass is 32.1. The molecule has 0 aliphatic rings. The molecule has 0 aliphatic carbocycles. The minimum atomic E-state index is 0.590. The van der Waals surface area contributed by atoms with Crippen molar-refractivity contribution >= 4 is 11.3 Å². The van der Waals surface area contributed by atoms with Gasteiger partial charge in [-0.1, -0.05) is 13.0 Å². The van der Waals surface area contributed by atoms with Crippen molar-refractivity contribution in [3.8, 4) is 0 Å². The van der Waals surface area contributed by atoms with Crippen LogP contribution in [0.25, 0.3) is 0 Å². The highest BCUT2D eigenvalue weighted by Crippen LogP contribution is 2.11. The van der Waals surface area contributed by atoms with Gasteiger partial charge in [0.25, 0.3) is 0 Å². The molecule has 15 heavy (non-hydrogen) atoms. The molecule has 1 heterocycles. The van der Waals surface area contributed by atoms with E-state index in [1.165, 1.54) is 16.3 Å². The Bertz CT molecular complexity index is 294. The van der Waals surface area contributed by atoms with Gasteiger partial charge in [-0.25, -0.2) is 4.98 Å². The van der Waals surface area contributed by atoms with Crippen LogP contribution in [-0.2, 0) is 6.54 Å². The SMILES string of the molecule is C=CCCC(CC)NCc1ncc(C)s1. The number of nitrogens with zero attached hydrogens (tertiary/aromatic N) is 1. The summed E-state index contributed by atoms with van der Waals surface area (Å²) in [6.45, 7) is 8.96. The third-order valence-electron chi connectivity index (χ3n) is 2.42. The smallest absolute Gasteiger partial charge is 0.107 e. The maximum Gasteiger partial charge on any atom is 0.107 e. The van der Waals surface area contributed by atoms with Crippen LogP contribution < -0.4 is 5.32 Å². The van der Waals surface area contributed by atoms with Crippen molar-refractivity contribution in [3.63, 3.8) is 0 Å². The lowest BCUT2D eigenvalue weighted by molar-refractivity contribution is 0.470. The molecule has 1 aromatic rings. The summed E-state index contributed by atoms with van der Waals surface area (Å²) >= 11 is 1.77. The number of thiazole rings is 1. The standard InChI is InChI=1S/C12H20N2S/c1-4-6-7-11(5-2)13-9-12-14-8-10(3)15-12/h4,8,11,13H,1,5-7,9H2,2-3H3. The molecule has 0 bridgehead atoms. The lowest BCUT2D eigenvalue weighted by Crippen LogP contribution is -2.27. The van der Waals surface area contributed by atoms with Crippen LogP contribution in [0.3, 0.4) is 0 Å². The van der Waals surface area contributed by atoms with E-state index in [9.17, 15) is 0 Å². The van der Waals surface area contributed by atoms with E-state index in [1.807, 2.05) is 12.3 Å². The zero-order valence-electron chi connectivity index (χ0n) is 9.62. The molecular weight excluding hydrogens is 204 g/mol. The first kappa shape index (κ1) is 12.4. The highest BCUT2D eigenvalue weighted by Gasteiger charge is 2.05. The summed E-state index contributed by atoms with van der Waals surface area (Å²) in [7, 11) is 0. The van der Waals surface area contributed by atoms with Crippen LogP contribution in [-0.4, -0.2) is 11.0 Å². The van der Waals surface area contributed by atoms with Crippen LogP contribution in [0.5, 0.6) is 0 Å². The van der Waals surface area contributed by atoms with Crippen LogP contribution in [0.1, 0.15) is 36.1 Å². The molecule has 1 atom stereocenters. The van der Waals surface area contributed by atoms with Crippen LogP contribution in [0.2, 0.25) is 0 Å². The molecule has 0 radical (unpaired) electrons. The summed E-state index contributed by atoms with van der Waals surface area (Å²) in [6, 6.07) is 0.590. The lowest BCUT2D eigenvalue weighted by atomic mass is 10.1. The van der Waals surface area contributed by atoms with Gasteiger partial charge in [0.2, 0.25) is 0 Å². The first-order valence-electron chi connectivity index (χ1n) is 5.51. The van der Waals surface area contributed by atoms with Gasteiger partial charge in [0.05, 0.1) is 0 Å². The van der Waals surface area contributed by atoms with E-state index < -0.39 is 0 Å². The van der Waals surface area contributed by atoms with E-state index in [0.29, 0.717) is 6.04 Å². The largest absolute Gasteiger partial charge is 0.308 e. The number of nitrogens with one attached hydrogen (secondary N) is 1. The summed E-state index contributed by atoms with van der Waals surface area (Å²) in [5.41, 5.74) is 0. The second-order valence-electron chi connectivity index (χ2n) is 3.72. The number of hydrogen-bond acceptors (Lipinski definition) is 3. The van der Waals surface area contributed by atoms with E-state index in [-0.39, 0.29) is 0 Å². The maximum absolute atomic E-state index is 4.34. The van der Waals surface area contributed by atoms with E-state index in [0.717, 1.165) is 19.4 Å². The minimum Gasteiger partial charge on any atom is -0.308 e. The van der Waals surface area contributed by atoms with Gasteiger partial charge in [0.15, 0.2) is 0 Å². The van der Waals surface area contributed by atoms with E-state index >= 15 is 0 Å². The lowest BCUT2D eigenvalue weighted by Gasteiger charge is -2.14. The van der Waals surface area contributed by atoms with E-state index in [4.69, 9.17) is 0 Å². The van der Waals surface area contributed by atoms with Gasteiger partial charge in [-0.05, 0) is 26.2 Å². The molecule has 0 spiro atoms. The molecular formula is C12H20N2S. The molecule has 0 fully saturated rings. The van der Waals surface area contributed by atoms with Gasteiger partial charge in [-0.2, -0.15) is 0 Å².